The minimum atomic E-state index is -4.34. The number of carbonyl (C=O) groups excluding carboxylic acids is 1. The lowest BCUT2D eigenvalue weighted by molar-refractivity contribution is -0.137. The minimum Gasteiger partial charge on any atom is -0.338 e. The van der Waals surface area contributed by atoms with Crippen molar-refractivity contribution in [3.05, 3.63) is 35.4 Å². The fourth-order valence-electron chi connectivity index (χ4n) is 3.37. The van der Waals surface area contributed by atoms with Gasteiger partial charge in [-0.2, -0.15) is 13.2 Å². The van der Waals surface area contributed by atoms with Gasteiger partial charge in [-0.1, -0.05) is 18.2 Å². The first-order valence-electron chi connectivity index (χ1n) is 7.59. The van der Waals surface area contributed by atoms with Crippen LogP contribution in [0.15, 0.2) is 24.3 Å². The number of halogens is 3. The Bertz CT molecular complexity index is 573. The number of alkyl halides is 3. The topological polar surface area (TPSA) is 46.3 Å². The van der Waals surface area contributed by atoms with E-state index in [0.29, 0.717) is 25.1 Å². The van der Waals surface area contributed by atoms with Crippen molar-refractivity contribution in [2.75, 3.05) is 13.1 Å². The Morgan fingerprint density at radius 3 is 2.82 bits per heavy atom. The molecule has 0 spiro atoms. The quantitative estimate of drug-likeness (QED) is 0.933. The van der Waals surface area contributed by atoms with Crippen LogP contribution in [0, 0.1) is 5.92 Å². The van der Waals surface area contributed by atoms with Crippen LogP contribution in [0.2, 0.25) is 0 Å². The fourth-order valence-corrected chi connectivity index (χ4v) is 3.37. The molecule has 2 N–H and O–H groups in total. The summed E-state index contributed by atoms with van der Waals surface area (Å²) in [6.45, 7) is 1.17. The maximum atomic E-state index is 12.8. The summed E-state index contributed by atoms with van der Waals surface area (Å²) in [4.78, 5) is 14.3. The number of carbonyl (C=O) groups is 1. The normalized spacial score (nSPS) is 28.0. The molecular formula is C16H19F3N2O. The smallest absolute Gasteiger partial charge is 0.338 e. The number of nitrogens with zero attached hydrogens (tertiary/aromatic N) is 1. The van der Waals surface area contributed by atoms with Crippen molar-refractivity contribution in [2.24, 2.45) is 11.7 Å². The summed E-state index contributed by atoms with van der Waals surface area (Å²) in [5, 5.41) is 0. The molecule has 1 aromatic rings. The molecule has 1 aliphatic carbocycles. The van der Waals surface area contributed by atoms with Crippen LogP contribution < -0.4 is 5.73 Å². The van der Waals surface area contributed by atoms with E-state index in [4.69, 9.17) is 5.73 Å². The van der Waals surface area contributed by atoms with Gasteiger partial charge in [0.15, 0.2) is 0 Å². The second-order valence-electron chi connectivity index (χ2n) is 6.14. The molecule has 6 heteroatoms. The highest BCUT2D eigenvalue weighted by atomic mass is 19.4. The number of hydrogen-bond donors (Lipinski definition) is 1. The Morgan fingerprint density at radius 1 is 1.36 bits per heavy atom. The molecule has 120 valence electrons. The van der Waals surface area contributed by atoms with Crippen LogP contribution >= 0.6 is 0 Å². The Labute approximate surface area is 127 Å². The lowest BCUT2D eigenvalue weighted by atomic mass is 10.0. The van der Waals surface area contributed by atoms with Gasteiger partial charge in [0.2, 0.25) is 5.91 Å². The Balaban J connectivity index is 1.71. The van der Waals surface area contributed by atoms with Gasteiger partial charge in [0, 0.05) is 25.0 Å². The first kappa shape index (κ1) is 15.3. The first-order valence-corrected chi connectivity index (χ1v) is 7.59. The molecule has 3 nitrogen and oxygen atoms in total. The standard InChI is InChI=1S/C16H19F3N2O/c17-16(18,19)11-4-1-3-10(7-11)13-8-14(13)15(22)21-6-2-5-12(21)9-20/h1,3-4,7,12-14H,2,5-6,8-9,20H2/t12-,13-,14+/m0/s1. The second kappa shape index (κ2) is 5.57. The number of nitrogens with two attached hydrogens (primary N) is 1. The second-order valence-corrected chi connectivity index (χ2v) is 6.14. The van der Waals surface area contributed by atoms with Crippen LogP contribution in [0.5, 0.6) is 0 Å². The van der Waals surface area contributed by atoms with Crippen LogP contribution in [0.25, 0.3) is 0 Å². The average Bonchev–Trinajstić information content (AvgIpc) is 3.15. The average molecular weight is 312 g/mol. The van der Waals surface area contributed by atoms with Crippen molar-refractivity contribution < 1.29 is 18.0 Å². The van der Waals surface area contributed by atoms with Gasteiger partial charge in [-0.25, -0.2) is 0 Å². The van der Waals surface area contributed by atoms with Gasteiger partial charge in [-0.15, -0.1) is 0 Å². The molecule has 1 saturated carbocycles. The lowest BCUT2D eigenvalue weighted by Gasteiger charge is -2.23. The van der Waals surface area contributed by atoms with E-state index in [9.17, 15) is 18.0 Å². The van der Waals surface area contributed by atoms with Crippen LogP contribution in [-0.2, 0) is 11.0 Å². The molecule has 2 fully saturated rings. The summed E-state index contributed by atoms with van der Waals surface area (Å²) in [6.07, 6.45) is -1.84. The summed E-state index contributed by atoms with van der Waals surface area (Å²) in [6, 6.07) is 5.42. The van der Waals surface area contributed by atoms with E-state index in [1.807, 2.05) is 4.90 Å². The molecule has 2 aliphatic rings. The van der Waals surface area contributed by atoms with Gasteiger partial charge in [-0.05, 0) is 36.8 Å². The van der Waals surface area contributed by atoms with Crippen LogP contribution in [0.4, 0.5) is 13.2 Å². The SMILES string of the molecule is NC[C@@H]1CCCN1C(=O)[C@@H]1C[C@H]1c1cccc(C(F)(F)F)c1. The van der Waals surface area contributed by atoms with Crippen molar-refractivity contribution >= 4 is 5.91 Å². The van der Waals surface area contributed by atoms with E-state index >= 15 is 0 Å². The monoisotopic (exact) mass is 312 g/mol. The molecule has 3 rings (SSSR count). The van der Waals surface area contributed by atoms with Gasteiger partial charge in [0.25, 0.3) is 0 Å². The lowest BCUT2D eigenvalue weighted by Crippen LogP contribution is -2.40. The van der Waals surface area contributed by atoms with Crippen LogP contribution in [0.3, 0.4) is 0 Å². The van der Waals surface area contributed by atoms with E-state index in [1.54, 1.807) is 6.07 Å². The third-order valence-corrected chi connectivity index (χ3v) is 4.68. The van der Waals surface area contributed by atoms with E-state index < -0.39 is 11.7 Å². The number of amides is 1. The third-order valence-electron chi connectivity index (χ3n) is 4.68. The fraction of sp³-hybridized carbons (Fsp3) is 0.562. The Hall–Kier alpha value is -1.56. The molecule has 1 aliphatic heterocycles. The molecule has 0 aromatic heterocycles. The number of likely N-dealkylation sites (tertiary alicyclic amines) is 1. The molecule has 1 saturated heterocycles. The van der Waals surface area contributed by atoms with Gasteiger partial charge in [0.1, 0.15) is 0 Å². The highest BCUT2D eigenvalue weighted by Gasteiger charge is 2.47. The van der Waals surface area contributed by atoms with Gasteiger partial charge < -0.3 is 10.6 Å². The molecule has 0 unspecified atom stereocenters. The molecular weight excluding hydrogens is 293 g/mol. The first-order chi connectivity index (χ1) is 10.4. The highest BCUT2D eigenvalue weighted by molar-refractivity contribution is 5.83. The molecule has 1 amide bonds. The Morgan fingerprint density at radius 2 is 2.14 bits per heavy atom. The van der Waals surface area contributed by atoms with Crippen molar-refractivity contribution in [1.82, 2.24) is 4.90 Å². The van der Waals surface area contributed by atoms with Crippen molar-refractivity contribution in [3.8, 4) is 0 Å². The largest absolute Gasteiger partial charge is 0.416 e. The Kier molecular flexibility index (Phi) is 3.89. The molecule has 22 heavy (non-hydrogen) atoms. The maximum Gasteiger partial charge on any atom is 0.416 e. The summed E-state index contributed by atoms with van der Waals surface area (Å²) in [5.74, 6) is -0.222. The predicted octanol–water partition coefficient (Wildman–Crippen LogP) is 2.76. The summed E-state index contributed by atoms with van der Waals surface area (Å²) >= 11 is 0. The van der Waals surface area contributed by atoms with Crippen molar-refractivity contribution in [2.45, 2.75) is 37.4 Å². The number of hydrogen-bond acceptors (Lipinski definition) is 2. The zero-order valence-electron chi connectivity index (χ0n) is 12.1. The molecule has 0 bridgehead atoms. The van der Waals surface area contributed by atoms with E-state index in [1.165, 1.54) is 12.1 Å². The molecule has 1 aromatic carbocycles. The summed E-state index contributed by atoms with van der Waals surface area (Å²) in [5.41, 5.74) is 5.64. The van der Waals surface area contributed by atoms with Crippen LogP contribution in [-0.4, -0.2) is 29.9 Å². The number of rotatable bonds is 3. The minimum absolute atomic E-state index is 0.0513. The van der Waals surface area contributed by atoms with Crippen molar-refractivity contribution in [3.63, 3.8) is 0 Å². The summed E-state index contributed by atoms with van der Waals surface area (Å²) in [7, 11) is 0. The van der Waals surface area contributed by atoms with E-state index in [-0.39, 0.29) is 23.8 Å². The van der Waals surface area contributed by atoms with Gasteiger partial charge >= 0.3 is 6.18 Å². The maximum absolute atomic E-state index is 12.8. The third kappa shape index (κ3) is 2.84. The van der Waals surface area contributed by atoms with E-state index in [2.05, 4.69) is 0 Å². The van der Waals surface area contributed by atoms with Crippen LogP contribution in [0.1, 0.15) is 36.3 Å². The highest BCUT2D eigenvalue weighted by Crippen LogP contribution is 2.49. The van der Waals surface area contributed by atoms with E-state index in [0.717, 1.165) is 18.9 Å². The van der Waals surface area contributed by atoms with Gasteiger partial charge in [0.05, 0.1) is 5.56 Å². The van der Waals surface area contributed by atoms with Crippen molar-refractivity contribution in [1.29, 1.82) is 0 Å². The predicted molar refractivity (Wildman–Crippen MR) is 76.1 cm³/mol. The number of benzene rings is 1. The summed E-state index contributed by atoms with van der Waals surface area (Å²) < 4.78 is 38.3. The zero-order chi connectivity index (χ0) is 15.9. The van der Waals surface area contributed by atoms with Gasteiger partial charge in [-0.3, -0.25) is 4.79 Å². The zero-order valence-corrected chi connectivity index (χ0v) is 12.1. The molecule has 3 atom stereocenters. The molecule has 1 heterocycles. The molecule has 0 radical (unpaired) electrons.